The van der Waals surface area contributed by atoms with Gasteiger partial charge in [0.15, 0.2) is 0 Å². The van der Waals surface area contributed by atoms with Crippen LogP contribution in [0.4, 0.5) is 0 Å². The summed E-state index contributed by atoms with van der Waals surface area (Å²) in [5.74, 6) is 0. The highest BCUT2D eigenvalue weighted by molar-refractivity contribution is 4.55. The summed E-state index contributed by atoms with van der Waals surface area (Å²) < 4.78 is 1.39. The minimum Gasteiger partial charge on any atom is -0.321 e. The van der Waals surface area contributed by atoms with Crippen molar-refractivity contribution >= 4 is 0 Å². The largest absolute Gasteiger partial charge is 0.321 e. The lowest BCUT2D eigenvalue weighted by Gasteiger charge is -2.44. The van der Waals surface area contributed by atoms with Crippen LogP contribution in [0, 0.1) is 0 Å². The number of nitrogens with zero attached hydrogens (tertiary/aromatic N) is 1. The van der Waals surface area contributed by atoms with E-state index in [9.17, 15) is 0 Å². The van der Waals surface area contributed by atoms with Crippen molar-refractivity contribution in [2.45, 2.75) is 85.6 Å². The molecule has 0 amide bonds. The van der Waals surface area contributed by atoms with Gasteiger partial charge in [-0.25, -0.2) is 0 Å². The summed E-state index contributed by atoms with van der Waals surface area (Å²) in [6, 6.07) is 0.847. The quantitative estimate of drug-likeness (QED) is 0.447. The number of rotatable bonds is 11. The first kappa shape index (κ1) is 17.0. The van der Waals surface area contributed by atoms with Gasteiger partial charge in [0, 0.05) is 0 Å². The van der Waals surface area contributed by atoms with E-state index >= 15 is 0 Å². The monoisotopic (exact) mass is 242 g/mol. The minimum atomic E-state index is 0.847. The molecule has 1 heteroatoms. The first-order valence-corrected chi connectivity index (χ1v) is 8.02. The average molecular weight is 242 g/mol. The third-order valence-electron chi connectivity index (χ3n) is 4.40. The molecule has 0 spiro atoms. The van der Waals surface area contributed by atoms with Crippen LogP contribution >= 0.6 is 0 Å². The first-order valence-electron chi connectivity index (χ1n) is 8.02. The molecule has 17 heavy (non-hydrogen) atoms. The molecule has 0 saturated carbocycles. The zero-order chi connectivity index (χ0) is 13.1. The molecule has 0 aliphatic rings. The van der Waals surface area contributed by atoms with Gasteiger partial charge in [-0.15, -0.1) is 0 Å². The number of quaternary nitrogens is 1. The summed E-state index contributed by atoms with van der Waals surface area (Å²) in [6.45, 7) is 16.0. The van der Waals surface area contributed by atoms with E-state index in [0.717, 1.165) is 6.04 Å². The average Bonchev–Trinajstić information content (AvgIpc) is 2.37. The van der Waals surface area contributed by atoms with Crippen LogP contribution in [0.5, 0.6) is 0 Å². The lowest BCUT2D eigenvalue weighted by atomic mass is 10.1. The van der Waals surface area contributed by atoms with Gasteiger partial charge in [-0.3, -0.25) is 0 Å². The second-order valence-electron chi connectivity index (χ2n) is 5.71. The molecule has 0 N–H and O–H groups in total. The zero-order valence-electron chi connectivity index (χ0n) is 13.1. The van der Waals surface area contributed by atoms with E-state index in [2.05, 4.69) is 34.6 Å². The second kappa shape index (κ2) is 9.94. The highest BCUT2D eigenvalue weighted by atomic mass is 15.4. The molecule has 0 radical (unpaired) electrons. The van der Waals surface area contributed by atoms with Crippen molar-refractivity contribution in [2.24, 2.45) is 0 Å². The summed E-state index contributed by atoms with van der Waals surface area (Å²) in [7, 11) is 0. The van der Waals surface area contributed by atoms with Crippen molar-refractivity contribution in [1.29, 1.82) is 0 Å². The Kier molecular flexibility index (Phi) is 9.91. The van der Waals surface area contributed by atoms with Gasteiger partial charge in [-0.05, 0) is 32.6 Å². The molecule has 104 valence electrons. The molecule has 1 nitrogen and oxygen atoms in total. The zero-order valence-corrected chi connectivity index (χ0v) is 13.1. The van der Waals surface area contributed by atoms with E-state index in [4.69, 9.17) is 0 Å². The topological polar surface area (TPSA) is 0 Å². The van der Waals surface area contributed by atoms with E-state index < -0.39 is 0 Å². The van der Waals surface area contributed by atoms with Crippen LogP contribution in [-0.2, 0) is 0 Å². The summed E-state index contributed by atoms with van der Waals surface area (Å²) >= 11 is 0. The smallest absolute Gasteiger partial charge is 0.0859 e. The highest BCUT2D eigenvalue weighted by Crippen LogP contribution is 2.21. The molecular formula is C16H36N+. The van der Waals surface area contributed by atoms with Crippen LogP contribution in [-0.4, -0.2) is 30.2 Å². The van der Waals surface area contributed by atoms with Gasteiger partial charge in [0.2, 0.25) is 0 Å². The minimum absolute atomic E-state index is 0.847. The first-order chi connectivity index (χ1) is 8.16. The maximum atomic E-state index is 2.47. The molecule has 0 heterocycles. The van der Waals surface area contributed by atoms with Crippen LogP contribution in [0.2, 0.25) is 0 Å². The fraction of sp³-hybridized carbons (Fsp3) is 1.00. The lowest BCUT2D eigenvalue weighted by molar-refractivity contribution is -0.950. The number of unbranched alkanes of at least 4 members (excludes halogenated alkanes) is 3. The van der Waals surface area contributed by atoms with Crippen molar-refractivity contribution in [2.75, 3.05) is 19.6 Å². The van der Waals surface area contributed by atoms with Gasteiger partial charge in [0.05, 0.1) is 25.7 Å². The van der Waals surface area contributed by atoms with E-state index in [1.54, 1.807) is 0 Å². The second-order valence-corrected chi connectivity index (χ2v) is 5.71. The van der Waals surface area contributed by atoms with Gasteiger partial charge in [0.1, 0.15) is 0 Å². The summed E-state index contributed by atoms with van der Waals surface area (Å²) in [5, 5.41) is 0. The van der Waals surface area contributed by atoms with Crippen LogP contribution < -0.4 is 0 Å². The Bertz CT molecular complexity index is 143. The van der Waals surface area contributed by atoms with E-state index in [0.29, 0.717) is 0 Å². The number of hydrogen-bond donors (Lipinski definition) is 0. The van der Waals surface area contributed by atoms with Crippen LogP contribution in [0.3, 0.4) is 0 Å². The fourth-order valence-corrected chi connectivity index (χ4v) is 2.80. The summed E-state index contributed by atoms with van der Waals surface area (Å²) in [5.41, 5.74) is 0. The molecule has 0 aromatic rings. The van der Waals surface area contributed by atoms with Gasteiger partial charge in [-0.2, -0.15) is 0 Å². The van der Waals surface area contributed by atoms with E-state index in [-0.39, 0.29) is 0 Å². The third-order valence-corrected chi connectivity index (χ3v) is 4.40. The molecule has 0 aliphatic carbocycles. The summed E-state index contributed by atoms with van der Waals surface area (Å²) in [4.78, 5) is 0. The van der Waals surface area contributed by atoms with Crippen molar-refractivity contribution in [3.8, 4) is 0 Å². The number of hydrogen-bond acceptors (Lipinski definition) is 0. The molecule has 0 aromatic carbocycles. The Labute approximate surface area is 110 Å². The van der Waals surface area contributed by atoms with E-state index in [1.165, 1.54) is 69.1 Å². The third kappa shape index (κ3) is 5.90. The maximum Gasteiger partial charge on any atom is 0.0859 e. The predicted octanol–water partition coefficient (Wildman–Crippen LogP) is 5.00. The molecule has 0 aromatic heterocycles. The van der Waals surface area contributed by atoms with Gasteiger partial charge < -0.3 is 4.48 Å². The van der Waals surface area contributed by atoms with Gasteiger partial charge >= 0.3 is 0 Å². The van der Waals surface area contributed by atoms with Crippen molar-refractivity contribution in [1.82, 2.24) is 0 Å². The molecule has 0 rings (SSSR count). The maximum absolute atomic E-state index is 2.47. The Morgan fingerprint density at radius 3 is 1.29 bits per heavy atom. The Morgan fingerprint density at radius 2 is 1.06 bits per heavy atom. The van der Waals surface area contributed by atoms with E-state index in [1.807, 2.05) is 0 Å². The van der Waals surface area contributed by atoms with Crippen molar-refractivity contribution in [3.63, 3.8) is 0 Å². The molecule has 0 aliphatic heterocycles. The Morgan fingerprint density at radius 1 is 0.706 bits per heavy atom. The Balaban J connectivity index is 4.63. The highest BCUT2D eigenvalue weighted by Gasteiger charge is 2.30. The van der Waals surface area contributed by atoms with Crippen LogP contribution in [0.15, 0.2) is 0 Å². The van der Waals surface area contributed by atoms with Gasteiger partial charge in [0.25, 0.3) is 0 Å². The normalized spacial score (nSPS) is 13.9. The van der Waals surface area contributed by atoms with Crippen LogP contribution in [0.1, 0.15) is 79.6 Å². The fourth-order valence-electron chi connectivity index (χ4n) is 2.80. The van der Waals surface area contributed by atoms with Crippen LogP contribution in [0.25, 0.3) is 0 Å². The molecular weight excluding hydrogens is 206 g/mol. The Hall–Kier alpha value is -0.0400. The molecule has 0 fully saturated rings. The standard InChI is InChI=1S/C16H36N/c1-6-10-13-17(14-11-7-2,15-12-8-3)16(5)9-4/h16H,6-15H2,1-5H3/q+1. The van der Waals surface area contributed by atoms with Crippen molar-refractivity contribution < 1.29 is 4.48 Å². The lowest BCUT2D eigenvalue weighted by Crippen LogP contribution is -2.55. The molecule has 0 bridgehead atoms. The molecule has 0 saturated heterocycles. The SMILES string of the molecule is CCCC[N+](CCCC)(CCCC)C(C)CC. The molecule has 1 atom stereocenters. The predicted molar refractivity (Wildman–Crippen MR) is 79.3 cm³/mol. The van der Waals surface area contributed by atoms with Crippen molar-refractivity contribution in [3.05, 3.63) is 0 Å². The molecule has 1 unspecified atom stereocenters. The van der Waals surface area contributed by atoms with Gasteiger partial charge in [-0.1, -0.05) is 47.0 Å². The summed E-state index contributed by atoms with van der Waals surface area (Å²) in [6.07, 6.45) is 9.56.